The van der Waals surface area contributed by atoms with Crippen LogP contribution in [0.25, 0.3) is 22.3 Å². The highest BCUT2D eigenvalue weighted by atomic mass is 16.7. The Labute approximate surface area is 245 Å². The van der Waals surface area contributed by atoms with Gasteiger partial charge in [-0.3, -0.25) is 0 Å². The van der Waals surface area contributed by atoms with Gasteiger partial charge in [-0.2, -0.15) is 0 Å². The van der Waals surface area contributed by atoms with Crippen molar-refractivity contribution < 1.29 is 79.6 Å². The lowest BCUT2D eigenvalue weighted by molar-refractivity contribution is -0.276. The molecule has 0 radical (unpaired) electrons. The van der Waals surface area contributed by atoms with Crippen molar-refractivity contribution in [1.29, 1.82) is 0 Å². The molecule has 16 heteroatoms. The first-order valence-electron chi connectivity index (χ1n) is 12.6. The van der Waals surface area contributed by atoms with Crippen molar-refractivity contribution >= 4 is 16.9 Å². The number of aromatic hydroxyl groups is 8. The lowest BCUT2D eigenvalue weighted by atomic mass is 9.99. The highest BCUT2D eigenvalue weighted by Gasteiger charge is 2.49. The SMILES string of the molecule is O=C(OC1C(Oc2cc3c(O)cc(O)cc3[o+]c2-c2cc(O)c(O)c(O)c2)OC(CO)C(O)C1O)c1cc(O)c(O)c(O)c1. The molecule has 4 aromatic rings. The highest BCUT2D eigenvalue weighted by Crippen LogP contribution is 2.45. The van der Waals surface area contributed by atoms with Crippen LogP contribution in [0.4, 0.5) is 0 Å². The molecule has 2 heterocycles. The van der Waals surface area contributed by atoms with Gasteiger partial charge in [0.25, 0.3) is 0 Å². The first-order chi connectivity index (χ1) is 20.8. The summed E-state index contributed by atoms with van der Waals surface area (Å²) < 4.78 is 22.6. The zero-order valence-electron chi connectivity index (χ0n) is 22.1. The summed E-state index contributed by atoms with van der Waals surface area (Å²) in [6, 6.07) is 6.69. The third kappa shape index (κ3) is 5.40. The van der Waals surface area contributed by atoms with Crippen molar-refractivity contribution in [3.05, 3.63) is 48.0 Å². The molecule has 0 spiro atoms. The van der Waals surface area contributed by atoms with E-state index in [9.17, 15) is 61.0 Å². The van der Waals surface area contributed by atoms with Gasteiger partial charge < -0.3 is 70.4 Å². The van der Waals surface area contributed by atoms with Gasteiger partial charge >= 0.3 is 17.3 Å². The molecule has 0 amide bonds. The summed E-state index contributed by atoms with van der Waals surface area (Å²) in [4.78, 5) is 12.9. The fourth-order valence-electron chi connectivity index (χ4n) is 4.52. The molecular formula is C28H25O16+. The molecule has 0 saturated carbocycles. The summed E-state index contributed by atoms with van der Waals surface area (Å²) in [5, 5.41) is 111. The second kappa shape index (κ2) is 11.3. The predicted octanol–water partition coefficient (Wildman–Crippen LogP) is 1.07. The summed E-state index contributed by atoms with van der Waals surface area (Å²) >= 11 is 0. The topological polar surface area (TPSA) is 279 Å². The Morgan fingerprint density at radius 2 is 1.36 bits per heavy atom. The van der Waals surface area contributed by atoms with Crippen molar-refractivity contribution in [3.8, 4) is 63.1 Å². The fourth-order valence-corrected chi connectivity index (χ4v) is 4.52. The average molecular weight is 617 g/mol. The van der Waals surface area contributed by atoms with Crippen molar-refractivity contribution in [2.45, 2.75) is 30.7 Å². The Bertz CT molecular complexity index is 1710. The lowest BCUT2D eigenvalue weighted by Crippen LogP contribution is -2.61. The van der Waals surface area contributed by atoms with Crippen LogP contribution in [0.3, 0.4) is 0 Å². The molecule has 44 heavy (non-hydrogen) atoms. The van der Waals surface area contributed by atoms with Crippen LogP contribution in [0.5, 0.6) is 51.7 Å². The molecule has 1 saturated heterocycles. The van der Waals surface area contributed by atoms with E-state index in [2.05, 4.69) is 0 Å². The molecule has 16 nitrogen and oxygen atoms in total. The molecule has 1 fully saturated rings. The Kier molecular flexibility index (Phi) is 7.75. The summed E-state index contributed by atoms with van der Waals surface area (Å²) in [5.74, 6) is -7.95. The smallest absolute Gasteiger partial charge is 0.402 e. The van der Waals surface area contributed by atoms with E-state index < -0.39 is 94.8 Å². The molecule has 0 aliphatic carbocycles. The van der Waals surface area contributed by atoms with Gasteiger partial charge in [-0.1, -0.05) is 0 Å². The van der Waals surface area contributed by atoms with E-state index in [1.54, 1.807) is 0 Å². The maximum absolute atomic E-state index is 12.9. The van der Waals surface area contributed by atoms with Crippen molar-refractivity contribution in [1.82, 2.24) is 0 Å². The van der Waals surface area contributed by atoms with Gasteiger partial charge in [0, 0.05) is 24.3 Å². The van der Waals surface area contributed by atoms with Gasteiger partial charge in [-0.25, -0.2) is 9.21 Å². The van der Waals surface area contributed by atoms with Crippen molar-refractivity contribution in [2.24, 2.45) is 0 Å². The van der Waals surface area contributed by atoms with Gasteiger partial charge in [-0.15, -0.1) is 0 Å². The number of aliphatic hydroxyl groups excluding tert-OH is 3. The van der Waals surface area contributed by atoms with Crippen LogP contribution in [-0.2, 0) is 9.47 Å². The number of aliphatic hydroxyl groups is 3. The number of carbonyl (C=O) groups excluding carboxylic acids is 1. The predicted molar refractivity (Wildman–Crippen MR) is 143 cm³/mol. The minimum absolute atomic E-state index is 0.0486. The maximum Gasteiger partial charge on any atom is 0.402 e. The number of phenolic OH excluding ortho intramolecular Hbond substituents is 8. The highest BCUT2D eigenvalue weighted by molar-refractivity contribution is 5.91. The lowest BCUT2D eigenvalue weighted by Gasteiger charge is -2.41. The van der Waals surface area contributed by atoms with E-state index in [1.165, 1.54) is 0 Å². The minimum atomic E-state index is -1.97. The standard InChI is InChI=1S/C28H24O16/c29-8-20-23(38)24(39)26(44-27(40)10-3-16(34)22(37)17(35)4-10)28(43-20)42-19-7-12-13(31)5-11(30)6-18(12)41-25(19)9-1-14(32)21(36)15(33)2-9/h1-7,20,23-24,26,28-29,38-39H,8H2,(H7-,30,31,32,33,34,35,36,37,40)/p+1. The maximum atomic E-state index is 12.9. The molecule has 0 bridgehead atoms. The van der Waals surface area contributed by atoms with E-state index in [1.807, 2.05) is 0 Å². The van der Waals surface area contributed by atoms with Crippen LogP contribution in [0.1, 0.15) is 10.4 Å². The molecular weight excluding hydrogens is 592 g/mol. The van der Waals surface area contributed by atoms with E-state index in [-0.39, 0.29) is 28.0 Å². The molecule has 5 rings (SSSR count). The molecule has 1 aliphatic heterocycles. The molecule has 5 atom stereocenters. The summed E-state index contributed by atoms with van der Waals surface area (Å²) in [7, 11) is 0. The fraction of sp³-hybridized carbons (Fsp3) is 0.214. The van der Waals surface area contributed by atoms with Crippen LogP contribution in [-0.4, -0.2) is 99.5 Å². The van der Waals surface area contributed by atoms with Crippen molar-refractivity contribution in [2.75, 3.05) is 6.61 Å². The number of hydrogen-bond acceptors (Lipinski definition) is 15. The largest absolute Gasteiger partial charge is 0.507 e. The molecule has 3 aromatic carbocycles. The average Bonchev–Trinajstić information content (AvgIpc) is 2.97. The Hall–Kier alpha value is -5.42. The van der Waals surface area contributed by atoms with Crippen LogP contribution < -0.4 is 4.74 Å². The number of benzene rings is 3. The van der Waals surface area contributed by atoms with Gasteiger partial charge in [0.05, 0.1) is 23.8 Å². The normalized spacial score (nSPS) is 21.7. The van der Waals surface area contributed by atoms with E-state index in [0.717, 1.165) is 42.5 Å². The van der Waals surface area contributed by atoms with Gasteiger partial charge in [0.2, 0.25) is 12.0 Å². The van der Waals surface area contributed by atoms with Crippen LogP contribution >= 0.6 is 0 Å². The van der Waals surface area contributed by atoms with Gasteiger partial charge in [-0.05, 0) is 12.1 Å². The number of hydrogen-bond donors (Lipinski definition) is 11. The van der Waals surface area contributed by atoms with Crippen LogP contribution in [0, 0.1) is 0 Å². The van der Waals surface area contributed by atoms with Crippen LogP contribution in [0.15, 0.2) is 46.9 Å². The number of esters is 1. The number of rotatable bonds is 6. The Morgan fingerprint density at radius 3 is 1.95 bits per heavy atom. The zero-order chi connectivity index (χ0) is 32.0. The first-order valence-corrected chi connectivity index (χ1v) is 12.6. The Morgan fingerprint density at radius 1 is 0.773 bits per heavy atom. The summed E-state index contributed by atoms with van der Waals surface area (Å²) in [6.07, 6.45) is -9.03. The molecule has 232 valence electrons. The molecule has 1 aromatic heterocycles. The molecule has 1 aliphatic rings. The monoisotopic (exact) mass is 617 g/mol. The zero-order valence-corrected chi connectivity index (χ0v) is 22.1. The number of ether oxygens (including phenoxy) is 3. The summed E-state index contributed by atoms with van der Waals surface area (Å²) in [5.41, 5.74) is -0.750. The Balaban J connectivity index is 1.61. The molecule has 5 unspecified atom stereocenters. The van der Waals surface area contributed by atoms with E-state index >= 15 is 0 Å². The van der Waals surface area contributed by atoms with E-state index in [0.29, 0.717) is 0 Å². The van der Waals surface area contributed by atoms with Gasteiger partial charge in [0.15, 0.2) is 40.6 Å². The van der Waals surface area contributed by atoms with Crippen LogP contribution in [0.2, 0.25) is 0 Å². The number of fused-ring (bicyclic) bond motifs is 1. The van der Waals surface area contributed by atoms with Gasteiger partial charge in [0.1, 0.15) is 35.2 Å². The number of phenols is 8. The molecule has 11 N–H and O–H groups in total. The third-order valence-corrected chi connectivity index (χ3v) is 6.76. The quantitative estimate of drug-likeness (QED) is 0.0819. The van der Waals surface area contributed by atoms with Crippen molar-refractivity contribution in [3.63, 3.8) is 0 Å². The third-order valence-electron chi connectivity index (χ3n) is 6.76. The summed E-state index contributed by atoms with van der Waals surface area (Å²) in [6.45, 7) is -0.840. The minimum Gasteiger partial charge on any atom is -0.507 e. The van der Waals surface area contributed by atoms with E-state index in [4.69, 9.17) is 18.6 Å². The second-order valence-corrected chi connectivity index (χ2v) is 9.74. The second-order valence-electron chi connectivity index (χ2n) is 9.74. The number of carbonyl (C=O) groups is 1. The first kappa shape index (κ1) is 30.1.